The number of piperazine rings is 1. The third kappa shape index (κ3) is 5.24. The SMILES string of the molecule is O=C(c1cc(CNC2CCC2)nc(C(F)(F)F)n1)N1CCN(C2CC(n3cc(-c4ncnc5[nH]ccc45)cn3)C2)CC1. The van der Waals surface area contributed by atoms with Crippen molar-refractivity contribution in [2.24, 2.45) is 0 Å². The highest BCUT2D eigenvalue weighted by Gasteiger charge is 2.39. The molecule has 14 heteroatoms. The number of H-pyrrole nitrogens is 1. The lowest BCUT2D eigenvalue weighted by molar-refractivity contribution is -0.145. The number of nitrogens with zero attached hydrogens (tertiary/aromatic N) is 8. The molecular formula is C28H31F3N10O. The molecule has 4 aromatic heterocycles. The minimum absolute atomic E-state index is 0.181. The lowest BCUT2D eigenvalue weighted by Gasteiger charge is -2.46. The molecule has 4 aromatic rings. The molecule has 2 aliphatic carbocycles. The summed E-state index contributed by atoms with van der Waals surface area (Å²) in [7, 11) is 0. The molecule has 0 unspecified atom stereocenters. The highest BCUT2D eigenvalue weighted by molar-refractivity contribution is 5.92. The van der Waals surface area contributed by atoms with Crippen molar-refractivity contribution in [2.45, 2.75) is 63.0 Å². The smallest absolute Gasteiger partial charge is 0.346 e. The third-order valence-electron chi connectivity index (χ3n) is 8.74. The van der Waals surface area contributed by atoms with E-state index in [2.05, 4.69) is 40.2 Å². The molecule has 3 aliphatic rings. The molecule has 0 aromatic carbocycles. The van der Waals surface area contributed by atoms with Crippen molar-refractivity contribution in [1.82, 2.24) is 49.8 Å². The first-order valence-electron chi connectivity index (χ1n) is 14.4. The average molecular weight is 581 g/mol. The van der Waals surface area contributed by atoms with Crippen molar-refractivity contribution in [3.63, 3.8) is 0 Å². The normalized spacial score (nSPS) is 21.8. The molecule has 0 bridgehead atoms. The Morgan fingerprint density at radius 1 is 1.07 bits per heavy atom. The van der Waals surface area contributed by atoms with Gasteiger partial charge in [-0.1, -0.05) is 6.42 Å². The minimum Gasteiger partial charge on any atom is -0.346 e. The predicted molar refractivity (Wildman–Crippen MR) is 146 cm³/mol. The van der Waals surface area contributed by atoms with E-state index in [0.29, 0.717) is 32.2 Å². The summed E-state index contributed by atoms with van der Waals surface area (Å²) in [5, 5.41) is 8.77. The maximum absolute atomic E-state index is 13.5. The van der Waals surface area contributed by atoms with Crippen LogP contribution in [0.15, 0.2) is 37.1 Å². The monoisotopic (exact) mass is 580 g/mol. The Balaban J connectivity index is 0.950. The number of hydrogen-bond donors (Lipinski definition) is 2. The Kier molecular flexibility index (Phi) is 6.89. The Morgan fingerprint density at radius 3 is 2.62 bits per heavy atom. The van der Waals surface area contributed by atoms with Gasteiger partial charge in [-0.3, -0.25) is 14.4 Å². The molecule has 220 valence electrons. The predicted octanol–water partition coefficient (Wildman–Crippen LogP) is 3.43. The van der Waals surface area contributed by atoms with Crippen LogP contribution in [0.3, 0.4) is 0 Å². The molecule has 0 spiro atoms. The van der Waals surface area contributed by atoms with Gasteiger partial charge in [0.1, 0.15) is 17.7 Å². The molecule has 5 heterocycles. The van der Waals surface area contributed by atoms with E-state index in [1.807, 2.05) is 29.3 Å². The molecule has 1 saturated heterocycles. The molecule has 0 radical (unpaired) electrons. The molecule has 2 N–H and O–H groups in total. The van der Waals surface area contributed by atoms with Gasteiger partial charge in [0.15, 0.2) is 0 Å². The maximum atomic E-state index is 13.5. The second-order valence-corrected chi connectivity index (χ2v) is 11.4. The molecule has 1 amide bonds. The first-order valence-corrected chi connectivity index (χ1v) is 14.4. The quantitative estimate of drug-likeness (QED) is 0.341. The van der Waals surface area contributed by atoms with E-state index in [0.717, 1.165) is 54.4 Å². The lowest BCUT2D eigenvalue weighted by atomic mass is 9.85. The van der Waals surface area contributed by atoms with Crippen LogP contribution in [-0.2, 0) is 12.7 Å². The first kappa shape index (κ1) is 27.0. The van der Waals surface area contributed by atoms with E-state index < -0.39 is 17.9 Å². The average Bonchev–Trinajstić information content (AvgIpc) is 3.61. The van der Waals surface area contributed by atoms with Gasteiger partial charge in [0.05, 0.1) is 23.6 Å². The van der Waals surface area contributed by atoms with Gasteiger partial charge in [-0.15, -0.1) is 0 Å². The van der Waals surface area contributed by atoms with Gasteiger partial charge < -0.3 is 15.2 Å². The highest BCUT2D eigenvalue weighted by atomic mass is 19.4. The molecule has 2 saturated carbocycles. The fraction of sp³-hybridized carbons (Fsp3) is 0.500. The van der Waals surface area contributed by atoms with Crippen molar-refractivity contribution in [1.29, 1.82) is 0 Å². The summed E-state index contributed by atoms with van der Waals surface area (Å²) in [5.74, 6) is -1.75. The summed E-state index contributed by atoms with van der Waals surface area (Å²) in [6.07, 6.45) is 7.51. The molecule has 42 heavy (non-hydrogen) atoms. The fourth-order valence-electron chi connectivity index (χ4n) is 5.97. The molecular weight excluding hydrogens is 549 g/mol. The van der Waals surface area contributed by atoms with E-state index in [1.165, 1.54) is 6.07 Å². The van der Waals surface area contributed by atoms with Gasteiger partial charge in [0, 0.05) is 68.2 Å². The standard InChI is InChI=1S/C28H31F3N10O/c29-28(30,31)27-37-19(14-33-18-2-1-3-18)10-23(38-27)26(42)40-8-6-39(7-9-40)20-11-21(12-20)41-15-17(13-36-41)24-22-4-5-32-25(22)35-16-34-24/h4-5,10,13,15-16,18,20-21,33H,1-3,6-9,11-12,14H2,(H,32,34,35). The van der Waals surface area contributed by atoms with Gasteiger partial charge in [-0.2, -0.15) is 18.3 Å². The zero-order valence-corrected chi connectivity index (χ0v) is 22.9. The van der Waals surface area contributed by atoms with Crippen molar-refractivity contribution in [2.75, 3.05) is 26.2 Å². The number of fused-ring (bicyclic) bond motifs is 1. The van der Waals surface area contributed by atoms with Crippen LogP contribution in [0.2, 0.25) is 0 Å². The van der Waals surface area contributed by atoms with Crippen LogP contribution in [0, 0.1) is 0 Å². The number of rotatable bonds is 7. The van der Waals surface area contributed by atoms with E-state index in [9.17, 15) is 18.0 Å². The molecule has 1 aliphatic heterocycles. The number of amides is 1. The Bertz CT molecular complexity index is 1580. The van der Waals surface area contributed by atoms with Gasteiger partial charge in [-0.05, 0) is 37.8 Å². The zero-order valence-electron chi connectivity index (χ0n) is 22.9. The van der Waals surface area contributed by atoms with Crippen LogP contribution in [0.5, 0.6) is 0 Å². The van der Waals surface area contributed by atoms with Gasteiger partial charge in [0.25, 0.3) is 5.91 Å². The van der Waals surface area contributed by atoms with Crippen molar-refractivity contribution < 1.29 is 18.0 Å². The molecule has 7 rings (SSSR count). The summed E-state index contributed by atoms with van der Waals surface area (Å²) in [5.41, 5.74) is 2.56. The number of carbonyl (C=O) groups is 1. The summed E-state index contributed by atoms with van der Waals surface area (Å²) >= 11 is 0. The number of nitrogens with one attached hydrogen (secondary N) is 2. The summed E-state index contributed by atoms with van der Waals surface area (Å²) < 4.78 is 42.5. The lowest BCUT2D eigenvalue weighted by Crippen LogP contribution is -2.55. The zero-order chi connectivity index (χ0) is 28.8. The number of carbonyl (C=O) groups excluding carboxylic acids is 1. The molecule has 11 nitrogen and oxygen atoms in total. The van der Waals surface area contributed by atoms with E-state index in [4.69, 9.17) is 0 Å². The summed E-state index contributed by atoms with van der Waals surface area (Å²) in [6.45, 7) is 2.38. The van der Waals surface area contributed by atoms with Crippen LogP contribution in [0.4, 0.5) is 13.2 Å². The Labute approximate surface area is 239 Å². The van der Waals surface area contributed by atoms with E-state index >= 15 is 0 Å². The Hall–Kier alpha value is -3.91. The number of hydrogen-bond acceptors (Lipinski definition) is 8. The van der Waals surface area contributed by atoms with Crippen molar-refractivity contribution in [3.8, 4) is 11.3 Å². The highest BCUT2D eigenvalue weighted by Crippen LogP contribution is 2.37. The van der Waals surface area contributed by atoms with Crippen LogP contribution in [0.25, 0.3) is 22.3 Å². The van der Waals surface area contributed by atoms with E-state index in [-0.39, 0.29) is 30.0 Å². The number of aromatic amines is 1. The number of halogens is 3. The number of alkyl halides is 3. The topological polar surface area (TPSA) is 121 Å². The van der Waals surface area contributed by atoms with Crippen molar-refractivity contribution >= 4 is 16.9 Å². The van der Waals surface area contributed by atoms with E-state index in [1.54, 1.807) is 11.2 Å². The van der Waals surface area contributed by atoms with Gasteiger partial charge in [-0.25, -0.2) is 19.9 Å². The van der Waals surface area contributed by atoms with Gasteiger partial charge in [0.2, 0.25) is 5.82 Å². The van der Waals surface area contributed by atoms with Gasteiger partial charge >= 0.3 is 6.18 Å². The Morgan fingerprint density at radius 2 is 1.88 bits per heavy atom. The summed E-state index contributed by atoms with van der Waals surface area (Å²) in [6, 6.07) is 4.29. The largest absolute Gasteiger partial charge is 0.451 e. The summed E-state index contributed by atoms with van der Waals surface area (Å²) in [4.78, 5) is 36.3. The van der Waals surface area contributed by atoms with Crippen molar-refractivity contribution in [3.05, 3.63) is 54.3 Å². The second kappa shape index (κ2) is 10.7. The van der Waals surface area contributed by atoms with Crippen LogP contribution >= 0.6 is 0 Å². The maximum Gasteiger partial charge on any atom is 0.451 e. The first-order chi connectivity index (χ1) is 20.3. The van der Waals surface area contributed by atoms with Crippen LogP contribution < -0.4 is 5.32 Å². The number of aromatic nitrogens is 7. The van der Waals surface area contributed by atoms with Crippen LogP contribution in [0.1, 0.15) is 60.2 Å². The van der Waals surface area contributed by atoms with Crippen LogP contribution in [-0.4, -0.2) is 88.7 Å². The minimum atomic E-state index is -4.72. The fourth-order valence-corrected chi connectivity index (χ4v) is 5.97. The molecule has 0 atom stereocenters. The third-order valence-corrected chi connectivity index (χ3v) is 8.74. The molecule has 3 fully saturated rings. The second-order valence-electron chi connectivity index (χ2n) is 11.4.